The lowest BCUT2D eigenvalue weighted by molar-refractivity contribution is 0.0783. The lowest BCUT2D eigenvalue weighted by atomic mass is 9.98. The second kappa shape index (κ2) is 9.01. The van der Waals surface area contributed by atoms with Gasteiger partial charge < -0.3 is 15.6 Å². The number of methoxy groups -OCH3 is 1. The third-order valence-corrected chi connectivity index (χ3v) is 5.89. The highest BCUT2D eigenvalue weighted by Crippen LogP contribution is 2.32. The molecule has 8 nitrogen and oxygen atoms in total. The topological polar surface area (TPSA) is 127 Å². The minimum Gasteiger partial charge on any atom is -0.495 e. The summed E-state index contributed by atoms with van der Waals surface area (Å²) in [5.74, 6) is 2.61. The van der Waals surface area contributed by atoms with E-state index in [4.69, 9.17) is 10.5 Å². The molecule has 2 aromatic carbocycles. The molecule has 0 aliphatic heterocycles. The molecule has 3 aromatic rings. The van der Waals surface area contributed by atoms with Crippen LogP contribution in [0.5, 0.6) is 5.75 Å². The van der Waals surface area contributed by atoms with Gasteiger partial charge in [-0.1, -0.05) is 17.9 Å². The monoisotopic (exact) mass is 474 g/mol. The van der Waals surface area contributed by atoms with E-state index >= 15 is 4.39 Å². The summed E-state index contributed by atoms with van der Waals surface area (Å²) < 4.78 is 62.5. The normalized spacial score (nSPS) is 11.5. The minimum atomic E-state index is -4.39. The first kappa shape index (κ1) is 23.9. The molecule has 0 radical (unpaired) electrons. The van der Waals surface area contributed by atoms with Crippen molar-refractivity contribution in [1.29, 1.82) is 0 Å². The van der Waals surface area contributed by atoms with Crippen LogP contribution in [-0.4, -0.2) is 30.6 Å². The fourth-order valence-corrected chi connectivity index (χ4v) is 4.01. The van der Waals surface area contributed by atoms with E-state index < -0.39 is 38.5 Å². The largest absolute Gasteiger partial charge is 0.495 e. The van der Waals surface area contributed by atoms with Crippen molar-refractivity contribution in [2.24, 2.45) is 0 Å². The van der Waals surface area contributed by atoms with Crippen molar-refractivity contribution < 1.29 is 27.0 Å². The van der Waals surface area contributed by atoms with E-state index in [9.17, 15) is 17.9 Å². The van der Waals surface area contributed by atoms with Crippen molar-refractivity contribution in [3.05, 3.63) is 71.1 Å². The number of hydrogen-bond acceptors (Lipinski definition) is 7. The average molecular weight is 474 g/mol. The van der Waals surface area contributed by atoms with Gasteiger partial charge in [0.2, 0.25) is 5.95 Å². The Bertz CT molecular complexity index is 1360. The number of rotatable bonds is 5. The van der Waals surface area contributed by atoms with Crippen molar-refractivity contribution in [2.75, 3.05) is 17.6 Å². The summed E-state index contributed by atoms with van der Waals surface area (Å²) in [6.45, 7) is 2.96. The molecule has 0 fully saturated rings. The van der Waals surface area contributed by atoms with Crippen molar-refractivity contribution in [1.82, 2.24) is 9.97 Å². The molecule has 0 atom stereocenters. The number of benzene rings is 2. The standard InChI is InChI=1S/C22H20F2N4O4S/c1-22(2,29)14-5-9-18(32-3)19(10-14)33(30,31)28-17-8-7-16(23)15(20(17)24)6-4-13-11-26-21(25)27-12-13/h5,7-12,28-29H,1-3H3,(H2,25,26,27). The second-order valence-corrected chi connectivity index (χ2v) is 9.04. The first-order valence-electron chi connectivity index (χ1n) is 9.43. The van der Waals surface area contributed by atoms with Crippen LogP contribution in [0.25, 0.3) is 0 Å². The average Bonchev–Trinajstić information content (AvgIpc) is 2.75. The highest BCUT2D eigenvalue weighted by Gasteiger charge is 2.26. The number of nitrogens with one attached hydrogen (secondary N) is 1. The molecule has 0 saturated heterocycles. The number of aliphatic hydroxyl groups is 1. The van der Waals surface area contributed by atoms with Gasteiger partial charge in [-0.25, -0.2) is 27.2 Å². The quantitative estimate of drug-likeness (QED) is 0.485. The van der Waals surface area contributed by atoms with Crippen molar-refractivity contribution in [3.8, 4) is 17.6 Å². The molecule has 3 rings (SSSR count). The number of aromatic nitrogens is 2. The van der Waals surface area contributed by atoms with E-state index in [0.717, 1.165) is 12.1 Å². The summed E-state index contributed by atoms with van der Waals surface area (Å²) in [6, 6.07) is 5.91. The van der Waals surface area contributed by atoms with Gasteiger partial charge in [-0.2, -0.15) is 0 Å². The van der Waals surface area contributed by atoms with Crippen LogP contribution >= 0.6 is 0 Å². The van der Waals surface area contributed by atoms with Crippen LogP contribution in [-0.2, 0) is 15.6 Å². The van der Waals surface area contributed by atoms with Gasteiger partial charge >= 0.3 is 0 Å². The molecule has 172 valence electrons. The molecule has 0 aliphatic rings. The molecule has 0 unspecified atom stereocenters. The zero-order chi connectivity index (χ0) is 24.4. The number of nitrogen functional groups attached to an aromatic ring is 1. The molecule has 0 spiro atoms. The second-order valence-electron chi connectivity index (χ2n) is 7.39. The predicted molar refractivity (Wildman–Crippen MR) is 118 cm³/mol. The van der Waals surface area contributed by atoms with Gasteiger partial charge in [0, 0.05) is 12.4 Å². The van der Waals surface area contributed by atoms with Crippen LogP contribution in [0.15, 0.2) is 47.6 Å². The summed E-state index contributed by atoms with van der Waals surface area (Å²) in [4.78, 5) is 7.13. The molecule has 1 heterocycles. The fraction of sp³-hybridized carbons (Fsp3) is 0.182. The third-order valence-electron chi connectivity index (χ3n) is 4.50. The van der Waals surface area contributed by atoms with E-state index in [1.165, 1.54) is 51.6 Å². The van der Waals surface area contributed by atoms with Crippen LogP contribution in [0.1, 0.15) is 30.5 Å². The molecule has 0 amide bonds. The number of nitrogens with two attached hydrogens (primary N) is 1. The lowest BCUT2D eigenvalue weighted by Crippen LogP contribution is -2.19. The van der Waals surface area contributed by atoms with Gasteiger partial charge in [-0.05, 0) is 43.7 Å². The highest BCUT2D eigenvalue weighted by molar-refractivity contribution is 7.92. The summed E-state index contributed by atoms with van der Waals surface area (Å²) in [6.07, 6.45) is 2.55. The molecule has 1 aromatic heterocycles. The summed E-state index contributed by atoms with van der Waals surface area (Å²) in [7, 11) is -3.12. The zero-order valence-corrected chi connectivity index (χ0v) is 18.7. The van der Waals surface area contributed by atoms with Crippen molar-refractivity contribution >= 4 is 21.7 Å². The Hall–Kier alpha value is -3.75. The number of ether oxygens (including phenoxy) is 1. The molecule has 0 saturated carbocycles. The first-order valence-corrected chi connectivity index (χ1v) is 10.9. The highest BCUT2D eigenvalue weighted by atomic mass is 32.2. The Labute approximate surface area is 189 Å². The van der Waals surface area contributed by atoms with E-state index in [1.807, 2.05) is 0 Å². The van der Waals surface area contributed by atoms with Crippen molar-refractivity contribution in [3.63, 3.8) is 0 Å². The number of anilines is 2. The van der Waals surface area contributed by atoms with Gasteiger partial charge in [-0.3, -0.25) is 4.72 Å². The first-order chi connectivity index (χ1) is 15.4. The van der Waals surface area contributed by atoms with Gasteiger partial charge in [0.25, 0.3) is 10.0 Å². The molecule has 0 bridgehead atoms. The van der Waals surface area contributed by atoms with Crippen LogP contribution in [0, 0.1) is 23.5 Å². The SMILES string of the molecule is COc1ccc(C(C)(C)O)cc1S(=O)(=O)Nc1ccc(F)c(C#Cc2cnc(N)nc2)c1F. The van der Waals surface area contributed by atoms with Gasteiger partial charge in [-0.15, -0.1) is 0 Å². The summed E-state index contributed by atoms with van der Waals surface area (Å²) in [5.41, 5.74) is 3.42. The Balaban J connectivity index is 2.02. The molecule has 4 N–H and O–H groups in total. The smallest absolute Gasteiger partial charge is 0.265 e. The maximum absolute atomic E-state index is 15.0. The summed E-state index contributed by atoms with van der Waals surface area (Å²) >= 11 is 0. The van der Waals surface area contributed by atoms with Gasteiger partial charge in [0.15, 0.2) is 5.82 Å². The number of nitrogens with zero attached hydrogens (tertiary/aromatic N) is 2. The molecule has 33 heavy (non-hydrogen) atoms. The van der Waals surface area contributed by atoms with E-state index in [0.29, 0.717) is 5.56 Å². The van der Waals surface area contributed by atoms with Crippen LogP contribution in [0.4, 0.5) is 20.4 Å². The maximum atomic E-state index is 15.0. The fourth-order valence-electron chi connectivity index (χ4n) is 2.75. The lowest BCUT2D eigenvalue weighted by Gasteiger charge is -2.20. The predicted octanol–water partition coefficient (Wildman–Crippen LogP) is 2.77. The van der Waals surface area contributed by atoms with E-state index in [1.54, 1.807) is 0 Å². The summed E-state index contributed by atoms with van der Waals surface area (Å²) in [5, 5.41) is 10.2. The Morgan fingerprint density at radius 3 is 2.39 bits per heavy atom. The van der Waals surface area contributed by atoms with Crippen LogP contribution in [0.2, 0.25) is 0 Å². The number of hydrogen-bond donors (Lipinski definition) is 3. The minimum absolute atomic E-state index is 0.0124. The molecular formula is C22H20F2N4O4S. The van der Waals surface area contributed by atoms with Crippen LogP contribution in [0.3, 0.4) is 0 Å². The van der Waals surface area contributed by atoms with Crippen molar-refractivity contribution in [2.45, 2.75) is 24.3 Å². The maximum Gasteiger partial charge on any atom is 0.265 e. The number of sulfonamides is 1. The third kappa shape index (κ3) is 5.36. The van der Waals surface area contributed by atoms with E-state index in [-0.39, 0.29) is 22.2 Å². The Kier molecular flexibility index (Phi) is 6.53. The van der Waals surface area contributed by atoms with Crippen LogP contribution < -0.4 is 15.2 Å². The van der Waals surface area contributed by atoms with Gasteiger partial charge in [0.1, 0.15) is 16.5 Å². The Morgan fingerprint density at radius 2 is 1.79 bits per heavy atom. The molecule has 11 heteroatoms. The number of halogens is 2. The zero-order valence-electron chi connectivity index (χ0n) is 17.8. The Morgan fingerprint density at radius 1 is 1.12 bits per heavy atom. The molecule has 0 aliphatic carbocycles. The van der Waals surface area contributed by atoms with Gasteiger partial charge in [0.05, 0.1) is 29.5 Å². The van der Waals surface area contributed by atoms with E-state index in [2.05, 4.69) is 26.5 Å². The molecular weight excluding hydrogens is 454 g/mol.